The van der Waals surface area contributed by atoms with E-state index in [2.05, 4.69) is 0 Å². The Bertz CT molecular complexity index is 91.1. The van der Waals surface area contributed by atoms with Crippen molar-refractivity contribution in [1.82, 2.24) is 0 Å². The van der Waals surface area contributed by atoms with Crippen molar-refractivity contribution >= 4 is 14.1 Å². The van der Waals surface area contributed by atoms with Gasteiger partial charge in [0.05, 0.1) is 12.5 Å². The average molecular weight is 148 g/mol. The van der Waals surface area contributed by atoms with Crippen LogP contribution in [0, 0.1) is 0 Å². The Labute approximate surface area is 57.8 Å². The molecular formula is C6H13O2P. The van der Waals surface area contributed by atoms with E-state index < -0.39 is 0 Å². The molecule has 0 N–H and O–H groups in total. The van der Waals surface area contributed by atoms with Crippen molar-refractivity contribution in [3.05, 3.63) is 0 Å². The molecule has 0 aliphatic rings. The van der Waals surface area contributed by atoms with Gasteiger partial charge in [-0.3, -0.25) is 4.79 Å². The van der Waals surface area contributed by atoms with Gasteiger partial charge in [-0.05, 0) is 29.4 Å². The molecule has 0 bridgehead atoms. The molecule has 2 nitrogen and oxygen atoms in total. The third kappa shape index (κ3) is 8.06. The molecule has 0 saturated carbocycles. The van der Waals surface area contributed by atoms with E-state index in [1.165, 1.54) is 0 Å². The highest BCUT2D eigenvalue weighted by Crippen LogP contribution is 2.10. The Balaban J connectivity index is 3.01. The summed E-state index contributed by atoms with van der Waals surface area (Å²) in [5.74, 6) is 0. The van der Waals surface area contributed by atoms with Crippen LogP contribution in [0.1, 0.15) is 20.8 Å². The topological polar surface area (TPSA) is 26.3 Å². The van der Waals surface area contributed by atoms with E-state index in [1.807, 2.05) is 13.8 Å². The van der Waals surface area contributed by atoms with Gasteiger partial charge in [-0.1, -0.05) is 0 Å². The summed E-state index contributed by atoms with van der Waals surface area (Å²) in [7, 11) is 0.320. The van der Waals surface area contributed by atoms with Crippen LogP contribution in [-0.2, 0) is 9.53 Å². The van der Waals surface area contributed by atoms with Gasteiger partial charge in [0.2, 0.25) is 0 Å². The molecule has 0 aliphatic heterocycles. The van der Waals surface area contributed by atoms with Crippen LogP contribution >= 0.6 is 8.58 Å². The van der Waals surface area contributed by atoms with Crippen LogP contribution in [-0.4, -0.2) is 18.0 Å². The number of hydrogen-bond acceptors (Lipinski definition) is 2. The maximum Gasteiger partial charge on any atom is 0.150 e. The summed E-state index contributed by atoms with van der Waals surface area (Å²) in [4.78, 5) is 10.4. The van der Waals surface area contributed by atoms with E-state index in [0.29, 0.717) is 14.9 Å². The summed E-state index contributed by atoms with van der Waals surface area (Å²) < 4.78 is 5.14. The lowest BCUT2D eigenvalue weighted by Gasteiger charge is -2.04. The summed E-state index contributed by atoms with van der Waals surface area (Å²) in [6.07, 6.45) is 0.837. The van der Waals surface area contributed by atoms with Crippen LogP contribution in [0.3, 0.4) is 0 Å². The monoisotopic (exact) mass is 148 g/mol. The largest absolute Gasteiger partial charge is 0.374 e. The summed E-state index contributed by atoms with van der Waals surface area (Å²) >= 11 is 0. The first-order chi connectivity index (χ1) is 4.13. The first-order valence-corrected chi connectivity index (χ1v) is 4.19. The minimum atomic E-state index is 0.218. The van der Waals surface area contributed by atoms with Crippen LogP contribution in [0.15, 0.2) is 0 Å². The third-order valence-corrected chi connectivity index (χ3v) is 1.55. The molecule has 0 aromatic carbocycles. The average Bonchev–Trinajstić information content (AvgIpc) is 1.63. The van der Waals surface area contributed by atoms with Crippen LogP contribution < -0.4 is 0 Å². The molecule has 0 aromatic rings. The van der Waals surface area contributed by atoms with Gasteiger partial charge in [0, 0.05) is 0 Å². The van der Waals surface area contributed by atoms with Crippen molar-refractivity contribution in [3.8, 4) is 0 Å². The van der Waals surface area contributed by atoms with Crippen molar-refractivity contribution in [3.63, 3.8) is 0 Å². The molecule has 0 aliphatic carbocycles. The predicted octanol–water partition coefficient (Wildman–Crippen LogP) is 1.59. The summed E-state index contributed by atoms with van der Waals surface area (Å²) in [5.41, 5.74) is 0.218. The number of carbonyl (C=O) groups is 1. The number of ether oxygens (including phenoxy) is 1. The Morgan fingerprint density at radius 1 is 1.67 bits per heavy atom. The minimum absolute atomic E-state index is 0.218. The van der Waals surface area contributed by atoms with Crippen molar-refractivity contribution in [1.29, 1.82) is 0 Å². The number of rotatable bonds is 4. The smallest absolute Gasteiger partial charge is 0.150 e. The fourth-order valence-corrected chi connectivity index (χ4v) is 0.930. The van der Waals surface area contributed by atoms with E-state index in [-0.39, 0.29) is 11.6 Å². The Hall–Kier alpha value is 0.0600. The lowest BCUT2D eigenvalue weighted by atomic mass is 10.5. The molecule has 0 aromatic heterocycles. The lowest BCUT2D eigenvalue weighted by molar-refractivity contribution is -0.109. The minimum Gasteiger partial charge on any atom is -0.374 e. The molecule has 0 fully saturated rings. The van der Waals surface area contributed by atoms with Gasteiger partial charge >= 0.3 is 0 Å². The fraction of sp³-hybridized carbons (Fsp3) is 0.833. The molecule has 0 radical (unpaired) electrons. The fourth-order valence-electron chi connectivity index (χ4n) is 0.310. The predicted molar refractivity (Wildman–Crippen MR) is 40.1 cm³/mol. The SMILES string of the molecule is CC(=O)PCOC(C)C. The van der Waals surface area contributed by atoms with Gasteiger partial charge in [-0.15, -0.1) is 0 Å². The normalized spacial score (nSPS) is 11.6. The van der Waals surface area contributed by atoms with E-state index >= 15 is 0 Å². The molecule has 54 valence electrons. The highest BCUT2D eigenvalue weighted by atomic mass is 31.1. The third-order valence-electron chi connectivity index (χ3n) is 0.738. The first-order valence-electron chi connectivity index (χ1n) is 2.99. The second-order valence-corrected chi connectivity index (χ2v) is 3.44. The lowest BCUT2D eigenvalue weighted by Crippen LogP contribution is -2.01. The van der Waals surface area contributed by atoms with E-state index in [0.717, 1.165) is 0 Å². The van der Waals surface area contributed by atoms with Gasteiger partial charge in [0.1, 0.15) is 0 Å². The maximum atomic E-state index is 10.4. The molecule has 3 heteroatoms. The van der Waals surface area contributed by atoms with Gasteiger partial charge in [-0.2, -0.15) is 0 Å². The van der Waals surface area contributed by atoms with Crippen molar-refractivity contribution < 1.29 is 9.53 Å². The summed E-state index contributed by atoms with van der Waals surface area (Å²) in [6.45, 7) is 5.51. The Morgan fingerprint density at radius 2 is 2.22 bits per heavy atom. The highest BCUT2D eigenvalue weighted by molar-refractivity contribution is 7.57. The van der Waals surface area contributed by atoms with Crippen LogP contribution in [0.25, 0.3) is 0 Å². The summed E-state index contributed by atoms with van der Waals surface area (Å²) in [5, 5.41) is 0. The molecule has 0 spiro atoms. The van der Waals surface area contributed by atoms with Crippen molar-refractivity contribution in [2.24, 2.45) is 0 Å². The van der Waals surface area contributed by atoms with Gasteiger partial charge in [0.25, 0.3) is 0 Å². The number of carbonyl (C=O) groups excluding carboxylic acids is 1. The van der Waals surface area contributed by atoms with Crippen LogP contribution in [0.5, 0.6) is 0 Å². The standard InChI is InChI=1S/C6H13O2P/c1-5(2)8-4-9-6(3)7/h5,9H,4H2,1-3H3. The first kappa shape index (κ1) is 9.06. The molecule has 0 amide bonds. The zero-order valence-electron chi connectivity index (χ0n) is 6.10. The molecule has 1 unspecified atom stereocenters. The van der Waals surface area contributed by atoms with Gasteiger partial charge in [-0.25, -0.2) is 0 Å². The van der Waals surface area contributed by atoms with E-state index in [4.69, 9.17) is 4.74 Å². The van der Waals surface area contributed by atoms with Crippen molar-refractivity contribution in [2.45, 2.75) is 26.9 Å². The van der Waals surface area contributed by atoms with Gasteiger partial charge < -0.3 is 4.74 Å². The maximum absolute atomic E-state index is 10.4. The molecule has 0 rings (SSSR count). The zero-order valence-corrected chi connectivity index (χ0v) is 7.10. The zero-order chi connectivity index (χ0) is 7.28. The highest BCUT2D eigenvalue weighted by Gasteiger charge is 1.94. The Kier molecular flexibility index (Phi) is 4.93. The molecule has 1 atom stereocenters. The molecular weight excluding hydrogens is 135 g/mol. The summed E-state index contributed by atoms with van der Waals surface area (Å²) in [6, 6.07) is 0. The second-order valence-electron chi connectivity index (χ2n) is 2.09. The van der Waals surface area contributed by atoms with E-state index in [1.54, 1.807) is 6.92 Å². The molecule has 9 heavy (non-hydrogen) atoms. The molecule has 0 heterocycles. The quantitative estimate of drug-likeness (QED) is 0.566. The van der Waals surface area contributed by atoms with Crippen LogP contribution in [0.2, 0.25) is 0 Å². The van der Waals surface area contributed by atoms with Crippen LogP contribution in [0.4, 0.5) is 0 Å². The number of hydrogen-bond donors (Lipinski definition) is 0. The van der Waals surface area contributed by atoms with Gasteiger partial charge in [0.15, 0.2) is 5.52 Å². The molecule has 0 saturated heterocycles. The van der Waals surface area contributed by atoms with E-state index in [9.17, 15) is 4.79 Å². The van der Waals surface area contributed by atoms with Crippen molar-refractivity contribution in [2.75, 3.05) is 6.35 Å². The Morgan fingerprint density at radius 3 is 2.56 bits per heavy atom. The second kappa shape index (κ2) is 4.89.